The summed E-state index contributed by atoms with van der Waals surface area (Å²) in [6.45, 7) is -0.119. The first-order valence-electron chi connectivity index (χ1n) is 3.99. The first-order chi connectivity index (χ1) is 7.20. The van der Waals surface area contributed by atoms with Gasteiger partial charge in [-0.15, -0.1) is 6.42 Å². The largest absolute Gasteiger partial charge is 0.473 e. The van der Waals surface area contributed by atoms with Gasteiger partial charge >= 0.3 is 5.69 Å². The third-order valence-electron chi connectivity index (χ3n) is 1.65. The van der Waals surface area contributed by atoms with Gasteiger partial charge in [0.25, 0.3) is 0 Å². The highest BCUT2D eigenvalue weighted by Gasteiger charge is 2.18. The summed E-state index contributed by atoms with van der Waals surface area (Å²) in [6, 6.07) is 4.08. The van der Waals surface area contributed by atoms with E-state index in [1.54, 1.807) is 0 Å². The van der Waals surface area contributed by atoms with Crippen LogP contribution in [0.1, 0.15) is 10.4 Å². The molecule has 0 aromatic heterocycles. The molecule has 1 aromatic carbocycles. The van der Waals surface area contributed by atoms with Crippen molar-refractivity contribution in [1.82, 2.24) is 0 Å². The zero-order valence-corrected chi connectivity index (χ0v) is 7.67. The third-order valence-corrected chi connectivity index (χ3v) is 1.65. The Bertz CT molecular complexity index is 434. The second kappa shape index (κ2) is 4.77. The molecule has 15 heavy (non-hydrogen) atoms. The molecule has 76 valence electrons. The second-order valence-electron chi connectivity index (χ2n) is 2.56. The van der Waals surface area contributed by atoms with Crippen molar-refractivity contribution in [2.45, 2.75) is 0 Å². The zero-order chi connectivity index (χ0) is 11.3. The third kappa shape index (κ3) is 2.31. The maximum absolute atomic E-state index is 10.6. The Morgan fingerprint density at radius 3 is 2.87 bits per heavy atom. The summed E-state index contributed by atoms with van der Waals surface area (Å²) in [6.07, 6.45) is 5.45. The van der Waals surface area contributed by atoms with Crippen molar-refractivity contribution in [3.05, 3.63) is 33.9 Å². The molecule has 0 heterocycles. The molecule has 0 aliphatic carbocycles. The van der Waals surface area contributed by atoms with Crippen LogP contribution in [0.5, 0.6) is 5.75 Å². The molecule has 0 bridgehead atoms. The number of para-hydroxylation sites is 1. The molecule has 0 aliphatic rings. The van der Waals surface area contributed by atoms with Crippen molar-refractivity contribution in [3.8, 4) is 18.1 Å². The van der Waals surface area contributed by atoms with Crippen LogP contribution in [0.15, 0.2) is 18.2 Å². The molecule has 1 rings (SSSR count). The van der Waals surface area contributed by atoms with Crippen LogP contribution in [0.4, 0.5) is 5.69 Å². The van der Waals surface area contributed by atoms with Crippen LogP contribution in [-0.4, -0.2) is 17.8 Å². The lowest BCUT2D eigenvalue weighted by Gasteiger charge is -2.05. The number of benzene rings is 1. The van der Waals surface area contributed by atoms with Gasteiger partial charge in [-0.1, -0.05) is 12.0 Å². The number of rotatable bonds is 4. The van der Waals surface area contributed by atoms with Gasteiger partial charge in [0.05, 0.1) is 10.5 Å². The van der Waals surface area contributed by atoms with Crippen LogP contribution in [-0.2, 0) is 0 Å². The Hall–Kier alpha value is -2.35. The Morgan fingerprint density at radius 2 is 2.33 bits per heavy atom. The van der Waals surface area contributed by atoms with Crippen LogP contribution in [0.2, 0.25) is 0 Å². The molecule has 0 unspecified atom stereocenters. The molecule has 0 saturated heterocycles. The van der Waals surface area contributed by atoms with E-state index in [2.05, 4.69) is 5.92 Å². The van der Waals surface area contributed by atoms with Crippen molar-refractivity contribution in [3.63, 3.8) is 0 Å². The fourth-order valence-corrected chi connectivity index (χ4v) is 1.05. The Kier molecular flexibility index (Phi) is 3.41. The lowest BCUT2D eigenvalue weighted by Crippen LogP contribution is -2.01. The van der Waals surface area contributed by atoms with Gasteiger partial charge in [-0.25, -0.2) is 0 Å². The number of hydrogen-bond acceptors (Lipinski definition) is 4. The van der Waals surface area contributed by atoms with Gasteiger partial charge in [0.15, 0.2) is 6.29 Å². The van der Waals surface area contributed by atoms with Crippen molar-refractivity contribution in [1.29, 1.82) is 0 Å². The average Bonchev–Trinajstić information content (AvgIpc) is 2.25. The van der Waals surface area contributed by atoms with Gasteiger partial charge < -0.3 is 4.74 Å². The maximum Gasteiger partial charge on any atom is 0.311 e. The first-order valence-corrected chi connectivity index (χ1v) is 3.99. The van der Waals surface area contributed by atoms with E-state index in [0.717, 1.165) is 0 Å². The summed E-state index contributed by atoms with van der Waals surface area (Å²) < 4.78 is 4.96. The number of aldehydes is 1. The van der Waals surface area contributed by atoms with Crippen LogP contribution in [0.25, 0.3) is 0 Å². The number of nitro groups is 1. The zero-order valence-electron chi connectivity index (χ0n) is 7.67. The highest BCUT2D eigenvalue weighted by Crippen LogP contribution is 2.29. The molecule has 0 atom stereocenters. The molecule has 0 saturated carbocycles. The Balaban J connectivity index is 3.21. The number of hydrogen-bond donors (Lipinski definition) is 0. The van der Waals surface area contributed by atoms with Crippen LogP contribution >= 0.6 is 0 Å². The molecule has 0 spiro atoms. The number of nitrogens with zero attached hydrogens (tertiary/aromatic N) is 1. The van der Waals surface area contributed by atoms with Crippen molar-refractivity contribution in [2.75, 3.05) is 6.61 Å². The van der Waals surface area contributed by atoms with E-state index in [1.807, 2.05) is 0 Å². The van der Waals surface area contributed by atoms with E-state index in [9.17, 15) is 14.9 Å². The molecule has 0 aliphatic heterocycles. The van der Waals surface area contributed by atoms with Gasteiger partial charge in [-0.2, -0.15) is 0 Å². The molecular formula is C10H7NO4. The minimum atomic E-state index is -0.626. The van der Waals surface area contributed by atoms with Crippen LogP contribution < -0.4 is 4.74 Å². The Labute approximate surface area is 85.8 Å². The van der Waals surface area contributed by atoms with Gasteiger partial charge in [-0.3, -0.25) is 14.9 Å². The maximum atomic E-state index is 10.6. The lowest BCUT2D eigenvalue weighted by atomic mass is 10.2. The van der Waals surface area contributed by atoms with E-state index >= 15 is 0 Å². The molecule has 0 radical (unpaired) electrons. The molecule has 0 N–H and O–H groups in total. The molecule has 0 amide bonds. The molecule has 1 aromatic rings. The summed E-state index contributed by atoms with van der Waals surface area (Å²) in [5, 5.41) is 10.6. The predicted octanol–water partition coefficient (Wildman–Crippen LogP) is 1.42. The predicted molar refractivity (Wildman–Crippen MR) is 52.8 cm³/mol. The lowest BCUT2D eigenvalue weighted by molar-refractivity contribution is -0.385. The van der Waals surface area contributed by atoms with E-state index in [0.29, 0.717) is 6.29 Å². The van der Waals surface area contributed by atoms with E-state index in [1.165, 1.54) is 18.2 Å². The van der Waals surface area contributed by atoms with E-state index in [4.69, 9.17) is 11.2 Å². The number of carbonyl (C=O) groups excluding carboxylic acids is 1. The monoisotopic (exact) mass is 205 g/mol. The number of terminal acetylenes is 1. The minimum absolute atomic E-state index is 0.0875. The summed E-state index contributed by atoms with van der Waals surface area (Å²) in [5.74, 6) is 2.09. The standard InChI is InChI=1S/C10H7NO4/c1-2-6-15-10-8(7-12)4-3-5-9(10)11(13)14/h1,3-5,7H,6H2. The summed E-state index contributed by atoms with van der Waals surface area (Å²) in [7, 11) is 0. The van der Waals surface area contributed by atoms with Crippen molar-refractivity contribution in [2.24, 2.45) is 0 Å². The minimum Gasteiger partial charge on any atom is -0.473 e. The normalized spacial score (nSPS) is 9.00. The number of carbonyl (C=O) groups is 1. The van der Waals surface area contributed by atoms with Gasteiger partial charge in [0.1, 0.15) is 6.61 Å². The van der Waals surface area contributed by atoms with Gasteiger partial charge in [-0.05, 0) is 6.07 Å². The second-order valence-corrected chi connectivity index (χ2v) is 2.56. The fourth-order valence-electron chi connectivity index (χ4n) is 1.05. The number of nitro benzene ring substituents is 1. The van der Waals surface area contributed by atoms with Crippen LogP contribution in [0.3, 0.4) is 0 Å². The molecule has 5 nitrogen and oxygen atoms in total. The average molecular weight is 205 g/mol. The van der Waals surface area contributed by atoms with Gasteiger partial charge in [0.2, 0.25) is 5.75 Å². The summed E-state index contributed by atoms with van der Waals surface area (Å²) >= 11 is 0. The van der Waals surface area contributed by atoms with Crippen molar-refractivity contribution >= 4 is 12.0 Å². The van der Waals surface area contributed by atoms with Crippen molar-refractivity contribution < 1.29 is 14.5 Å². The topological polar surface area (TPSA) is 69.4 Å². The highest BCUT2D eigenvalue weighted by molar-refractivity contribution is 5.82. The molecule has 5 heteroatoms. The van der Waals surface area contributed by atoms with Crippen LogP contribution in [0, 0.1) is 22.5 Å². The quantitative estimate of drug-likeness (QED) is 0.322. The summed E-state index contributed by atoms with van der Waals surface area (Å²) in [4.78, 5) is 20.6. The smallest absolute Gasteiger partial charge is 0.311 e. The van der Waals surface area contributed by atoms with E-state index < -0.39 is 4.92 Å². The summed E-state index contributed by atoms with van der Waals surface area (Å²) in [5.41, 5.74) is -0.158. The highest BCUT2D eigenvalue weighted by atomic mass is 16.6. The SMILES string of the molecule is C#CCOc1c(C=O)cccc1[N+](=O)[O-]. The van der Waals surface area contributed by atoms with E-state index in [-0.39, 0.29) is 23.6 Å². The molecular weight excluding hydrogens is 198 g/mol. The Morgan fingerprint density at radius 1 is 1.60 bits per heavy atom. The first kappa shape index (κ1) is 10.7. The molecule has 0 fully saturated rings. The van der Waals surface area contributed by atoms with Gasteiger partial charge in [0, 0.05) is 6.07 Å². The number of ether oxygens (including phenoxy) is 1. The fraction of sp³-hybridized carbons (Fsp3) is 0.100.